The highest BCUT2D eigenvalue weighted by molar-refractivity contribution is 5.90. The van der Waals surface area contributed by atoms with Crippen molar-refractivity contribution in [2.45, 2.75) is 6.92 Å². The Bertz CT molecular complexity index is 393. The van der Waals surface area contributed by atoms with Crippen molar-refractivity contribution in [3.05, 3.63) is 29.3 Å². The molecule has 0 amide bonds. The summed E-state index contributed by atoms with van der Waals surface area (Å²) in [5.41, 5.74) is 0.330. The molecule has 0 aliphatic rings. The molecule has 0 unspecified atom stereocenters. The average molecular weight is 191 g/mol. The van der Waals surface area contributed by atoms with Crippen LogP contribution in [0.5, 0.6) is 5.75 Å². The highest BCUT2D eigenvalue weighted by atomic mass is 16.5. The molecule has 0 saturated heterocycles. The molecule has 0 heterocycles. The quantitative estimate of drug-likeness (QED) is 0.718. The summed E-state index contributed by atoms with van der Waals surface area (Å²) in [5, 5.41) is 17.8. The number of benzene rings is 1. The standard InChI is InChI=1S/C10H9NO3/c1-2-14-10(13)7-3-4-9(12)8(5-7)6-11/h3-5,12H,2H2,1H3. The van der Waals surface area contributed by atoms with E-state index >= 15 is 0 Å². The molecule has 0 radical (unpaired) electrons. The summed E-state index contributed by atoms with van der Waals surface area (Å²) in [6.45, 7) is 1.98. The molecular weight excluding hydrogens is 182 g/mol. The van der Waals surface area contributed by atoms with E-state index < -0.39 is 5.97 Å². The van der Waals surface area contributed by atoms with Crippen molar-refractivity contribution >= 4 is 5.97 Å². The van der Waals surface area contributed by atoms with Crippen LogP contribution in [0.2, 0.25) is 0 Å². The van der Waals surface area contributed by atoms with E-state index in [4.69, 9.17) is 10.00 Å². The molecule has 1 aromatic rings. The predicted octanol–water partition coefficient (Wildman–Crippen LogP) is 1.44. The zero-order chi connectivity index (χ0) is 10.6. The van der Waals surface area contributed by atoms with Crippen molar-refractivity contribution in [2.75, 3.05) is 6.61 Å². The first kappa shape index (κ1) is 10.1. The van der Waals surface area contributed by atoms with Gasteiger partial charge in [-0.05, 0) is 25.1 Å². The van der Waals surface area contributed by atoms with Crippen LogP contribution in [0, 0.1) is 11.3 Å². The second-order valence-corrected chi connectivity index (χ2v) is 2.56. The maximum Gasteiger partial charge on any atom is 0.338 e. The number of esters is 1. The minimum absolute atomic E-state index is 0.0653. The van der Waals surface area contributed by atoms with Gasteiger partial charge < -0.3 is 9.84 Å². The van der Waals surface area contributed by atoms with Gasteiger partial charge in [-0.3, -0.25) is 0 Å². The molecule has 14 heavy (non-hydrogen) atoms. The van der Waals surface area contributed by atoms with Crippen LogP contribution in [0.3, 0.4) is 0 Å². The zero-order valence-electron chi connectivity index (χ0n) is 7.65. The van der Waals surface area contributed by atoms with Crippen molar-refractivity contribution in [3.8, 4) is 11.8 Å². The van der Waals surface area contributed by atoms with Crippen LogP contribution >= 0.6 is 0 Å². The summed E-state index contributed by atoms with van der Waals surface area (Å²) in [7, 11) is 0. The topological polar surface area (TPSA) is 70.3 Å². The smallest absolute Gasteiger partial charge is 0.338 e. The number of nitrogens with zero attached hydrogens (tertiary/aromatic N) is 1. The maximum absolute atomic E-state index is 11.2. The Hall–Kier alpha value is -2.02. The Kier molecular flexibility index (Phi) is 3.08. The Morgan fingerprint density at radius 2 is 2.36 bits per heavy atom. The Balaban J connectivity index is 3.02. The van der Waals surface area contributed by atoms with Crippen LogP contribution < -0.4 is 0 Å². The fourth-order valence-electron chi connectivity index (χ4n) is 0.967. The summed E-state index contributed by atoms with van der Waals surface area (Å²) in [4.78, 5) is 11.2. The second-order valence-electron chi connectivity index (χ2n) is 2.56. The third-order valence-corrected chi connectivity index (χ3v) is 1.63. The first-order valence-electron chi connectivity index (χ1n) is 4.09. The molecule has 1 N–H and O–H groups in total. The third kappa shape index (κ3) is 2.02. The van der Waals surface area contributed by atoms with Gasteiger partial charge in [0.1, 0.15) is 11.8 Å². The zero-order valence-corrected chi connectivity index (χ0v) is 7.65. The van der Waals surface area contributed by atoms with Crippen LogP contribution in [0.25, 0.3) is 0 Å². The molecule has 0 spiro atoms. The molecule has 0 fully saturated rings. The van der Waals surface area contributed by atoms with Crippen molar-refractivity contribution in [3.63, 3.8) is 0 Å². The van der Waals surface area contributed by atoms with Gasteiger partial charge in [-0.15, -0.1) is 0 Å². The number of hydrogen-bond acceptors (Lipinski definition) is 4. The van der Waals surface area contributed by atoms with Gasteiger partial charge in [0.2, 0.25) is 0 Å². The van der Waals surface area contributed by atoms with Crippen LogP contribution in [0.4, 0.5) is 0 Å². The van der Waals surface area contributed by atoms with E-state index in [1.807, 2.05) is 0 Å². The molecule has 4 nitrogen and oxygen atoms in total. The summed E-state index contributed by atoms with van der Waals surface area (Å²) in [5.74, 6) is -0.635. The van der Waals surface area contributed by atoms with Gasteiger partial charge in [0, 0.05) is 0 Å². The minimum Gasteiger partial charge on any atom is -0.507 e. The van der Waals surface area contributed by atoms with Crippen molar-refractivity contribution in [1.82, 2.24) is 0 Å². The molecule has 72 valence electrons. The summed E-state index contributed by atoms with van der Waals surface area (Å²) in [6.07, 6.45) is 0. The number of ether oxygens (including phenoxy) is 1. The fourth-order valence-corrected chi connectivity index (χ4v) is 0.967. The van der Waals surface area contributed by atoms with E-state index in [-0.39, 0.29) is 23.5 Å². The second kappa shape index (κ2) is 4.28. The number of nitriles is 1. The van der Waals surface area contributed by atoms with Gasteiger partial charge in [0.15, 0.2) is 0 Å². The molecule has 4 heteroatoms. The fraction of sp³-hybridized carbons (Fsp3) is 0.200. The molecule has 1 aromatic carbocycles. The first-order valence-corrected chi connectivity index (χ1v) is 4.09. The molecule has 1 rings (SSSR count). The lowest BCUT2D eigenvalue weighted by Gasteiger charge is -2.02. The molecule has 0 aliphatic carbocycles. The lowest BCUT2D eigenvalue weighted by atomic mass is 10.1. The Morgan fingerprint density at radius 3 is 2.93 bits per heavy atom. The maximum atomic E-state index is 11.2. The van der Waals surface area contributed by atoms with Crippen molar-refractivity contribution < 1.29 is 14.6 Å². The lowest BCUT2D eigenvalue weighted by molar-refractivity contribution is 0.0526. The largest absolute Gasteiger partial charge is 0.507 e. The van der Waals surface area contributed by atoms with Gasteiger partial charge in [0.25, 0.3) is 0 Å². The van der Waals surface area contributed by atoms with E-state index in [2.05, 4.69) is 0 Å². The minimum atomic E-state index is -0.496. The van der Waals surface area contributed by atoms with E-state index in [1.54, 1.807) is 13.0 Å². The Morgan fingerprint density at radius 1 is 1.64 bits per heavy atom. The summed E-state index contributed by atoms with van der Waals surface area (Å²) < 4.78 is 4.74. The van der Waals surface area contributed by atoms with Gasteiger partial charge >= 0.3 is 5.97 Å². The van der Waals surface area contributed by atoms with Gasteiger partial charge in [-0.1, -0.05) is 0 Å². The summed E-state index contributed by atoms with van der Waals surface area (Å²) >= 11 is 0. The molecule has 0 atom stereocenters. The van der Waals surface area contributed by atoms with Crippen LogP contribution in [0.1, 0.15) is 22.8 Å². The van der Waals surface area contributed by atoms with Gasteiger partial charge in [0.05, 0.1) is 17.7 Å². The number of phenols is 1. The van der Waals surface area contributed by atoms with Crippen molar-refractivity contribution in [1.29, 1.82) is 5.26 Å². The molecule has 0 saturated carbocycles. The first-order chi connectivity index (χ1) is 6.69. The van der Waals surface area contributed by atoms with E-state index in [0.29, 0.717) is 0 Å². The molecule has 0 bridgehead atoms. The number of hydrogen-bond donors (Lipinski definition) is 1. The van der Waals surface area contributed by atoms with Gasteiger partial charge in [-0.25, -0.2) is 4.79 Å². The normalized spacial score (nSPS) is 9.14. The number of carbonyl (C=O) groups excluding carboxylic acids is 1. The summed E-state index contributed by atoms with van der Waals surface area (Å²) in [6, 6.07) is 5.78. The average Bonchev–Trinajstić information content (AvgIpc) is 2.19. The van der Waals surface area contributed by atoms with E-state index in [0.717, 1.165) is 0 Å². The highest BCUT2D eigenvalue weighted by Gasteiger charge is 2.09. The molecule has 0 aromatic heterocycles. The Labute approximate surface area is 81.4 Å². The molecular formula is C10H9NO3. The molecule has 0 aliphatic heterocycles. The highest BCUT2D eigenvalue weighted by Crippen LogP contribution is 2.17. The van der Waals surface area contributed by atoms with Gasteiger partial charge in [-0.2, -0.15) is 5.26 Å². The van der Waals surface area contributed by atoms with Crippen LogP contribution in [-0.4, -0.2) is 17.7 Å². The predicted molar refractivity (Wildman–Crippen MR) is 48.8 cm³/mol. The number of carbonyl (C=O) groups is 1. The van der Waals surface area contributed by atoms with E-state index in [1.165, 1.54) is 18.2 Å². The van der Waals surface area contributed by atoms with E-state index in [9.17, 15) is 9.90 Å². The third-order valence-electron chi connectivity index (χ3n) is 1.63. The number of rotatable bonds is 2. The monoisotopic (exact) mass is 191 g/mol. The lowest BCUT2D eigenvalue weighted by Crippen LogP contribution is -2.04. The SMILES string of the molecule is CCOC(=O)c1ccc(O)c(C#N)c1. The van der Waals surface area contributed by atoms with Crippen LogP contribution in [-0.2, 0) is 4.74 Å². The van der Waals surface area contributed by atoms with Crippen LogP contribution in [0.15, 0.2) is 18.2 Å². The number of phenolic OH excluding ortho intramolecular Hbond substituents is 1. The van der Waals surface area contributed by atoms with Crippen molar-refractivity contribution in [2.24, 2.45) is 0 Å². The number of aromatic hydroxyl groups is 1.